The quantitative estimate of drug-likeness (QED) is 0.834. The lowest BCUT2D eigenvalue weighted by molar-refractivity contribution is 0.591. The number of nitrogens with two attached hydrogens (primary N) is 1. The molecule has 0 aromatic carbocycles. The standard InChI is InChI=1S/C9H8FN5O2S/c10-6-2-5-12-8(7(6)11)18(16,17)15-9-13-3-1-4-14-9/h1-5H,11H2,(H,13,14,15). The molecule has 94 valence electrons. The van der Waals surface area contributed by atoms with Gasteiger partial charge in [-0.1, -0.05) is 0 Å². The number of aromatic nitrogens is 3. The number of hydrogen-bond acceptors (Lipinski definition) is 6. The molecule has 2 aromatic heterocycles. The van der Waals surface area contributed by atoms with Crippen LogP contribution < -0.4 is 10.5 Å². The molecule has 9 heteroatoms. The van der Waals surface area contributed by atoms with Gasteiger partial charge in [0.1, 0.15) is 5.69 Å². The Labute approximate surface area is 102 Å². The van der Waals surface area contributed by atoms with Gasteiger partial charge in [-0.05, 0) is 12.1 Å². The highest BCUT2D eigenvalue weighted by atomic mass is 32.2. The first-order valence-electron chi connectivity index (χ1n) is 4.70. The van der Waals surface area contributed by atoms with Crippen molar-refractivity contribution < 1.29 is 12.8 Å². The van der Waals surface area contributed by atoms with Crippen molar-refractivity contribution in [1.29, 1.82) is 0 Å². The molecule has 0 bridgehead atoms. The molecule has 0 radical (unpaired) electrons. The van der Waals surface area contributed by atoms with E-state index in [9.17, 15) is 12.8 Å². The monoisotopic (exact) mass is 269 g/mol. The summed E-state index contributed by atoms with van der Waals surface area (Å²) < 4.78 is 39.0. The minimum Gasteiger partial charge on any atom is -0.394 e. The van der Waals surface area contributed by atoms with Gasteiger partial charge in [0.15, 0.2) is 5.82 Å². The normalized spacial score (nSPS) is 11.2. The minimum atomic E-state index is -4.12. The molecule has 0 aliphatic heterocycles. The maximum atomic E-state index is 13.2. The summed E-state index contributed by atoms with van der Waals surface area (Å²) in [7, 11) is -4.12. The molecular formula is C9H8FN5O2S. The van der Waals surface area contributed by atoms with Crippen molar-refractivity contribution in [3.05, 3.63) is 36.5 Å². The van der Waals surface area contributed by atoms with Gasteiger partial charge in [0.05, 0.1) is 0 Å². The van der Waals surface area contributed by atoms with E-state index in [4.69, 9.17) is 5.73 Å². The van der Waals surface area contributed by atoms with Crippen LogP contribution in [0.15, 0.2) is 35.7 Å². The summed E-state index contributed by atoms with van der Waals surface area (Å²) in [5.41, 5.74) is 4.77. The van der Waals surface area contributed by atoms with Gasteiger partial charge >= 0.3 is 0 Å². The zero-order chi connectivity index (χ0) is 13.2. The van der Waals surface area contributed by atoms with Crippen molar-refractivity contribution in [3.63, 3.8) is 0 Å². The molecule has 2 rings (SSSR count). The Morgan fingerprint density at radius 3 is 2.50 bits per heavy atom. The van der Waals surface area contributed by atoms with Crippen molar-refractivity contribution in [2.24, 2.45) is 0 Å². The Morgan fingerprint density at radius 2 is 1.83 bits per heavy atom. The van der Waals surface area contributed by atoms with Gasteiger partial charge in [-0.25, -0.2) is 24.1 Å². The predicted octanol–water partition coefficient (Wildman–Crippen LogP) is 0.394. The van der Waals surface area contributed by atoms with Crippen molar-refractivity contribution in [1.82, 2.24) is 15.0 Å². The lowest BCUT2D eigenvalue weighted by atomic mass is 10.4. The summed E-state index contributed by atoms with van der Waals surface area (Å²) in [6, 6.07) is 2.49. The Bertz CT molecular complexity index is 662. The second-order valence-corrected chi connectivity index (χ2v) is 4.79. The zero-order valence-electron chi connectivity index (χ0n) is 8.91. The summed E-state index contributed by atoms with van der Waals surface area (Å²) in [5, 5.41) is -0.602. The van der Waals surface area contributed by atoms with Gasteiger partial charge in [-0.3, -0.25) is 0 Å². The third kappa shape index (κ3) is 2.35. The summed E-state index contributed by atoms with van der Waals surface area (Å²) in [6.45, 7) is 0. The van der Waals surface area contributed by atoms with Crippen molar-refractivity contribution in [2.75, 3.05) is 10.5 Å². The van der Waals surface area contributed by atoms with Crippen LogP contribution in [0.25, 0.3) is 0 Å². The second-order valence-electron chi connectivity index (χ2n) is 3.19. The van der Waals surface area contributed by atoms with E-state index >= 15 is 0 Å². The molecule has 3 N–H and O–H groups in total. The van der Waals surface area contributed by atoms with Crippen molar-refractivity contribution >= 4 is 21.7 Å². The molecule has 0 saturated heterocycles. The fraction of sp³-hybridized carbons (Fsp3) is 0. The third-order valence-corrected chi connectivity index (χ3v) is 3.23. The summed E-state index contributed by atoms with van der Waals surface area (Å²) in [5.74, 6) is -1.01. The number of pyridine rings is 1. The van der Waals surface area contributed by atoms with E-state index in [1.807, 2.05) is 4.72 Å². The molecule has 0 aliphatic rings. The van der Waals surface area contributed by atoms with E-state index in [0.29, 0.717) is 0 Å². The van der Waals surface area contributed by atoms with Gasteiger partial charge in [0.25, 0.3) is 10.0 Å². The summed E-state index contributed by atoms with van der Waals surface area (Å²) in [6.07, 6.45) is 3.71. The Hall–Kier alpha value is -2.29. The van der Waals surface area contributed by atoms with Gasteiger partial charge < -0.3 is 5.73 Å². The van der Waals surface area contributed by atoms with Crippen LogP contribution in [-0.4, -0.2) is 23.4 Å². The minimum absolute atomic E-state index is 0.150. The van der Waals surface area contributed by atoms with Crippen LogP contribution in [0.4, 0.5) is 16.0 Å². The van der Waals surface area contributed by atoms with Crippen molar-refractivity contribution in [2.45, 2.75) is 5.03 Å². The third-order valence-electron chi connectivity index (χ3n) is 1.95. The van der Waals surface area contributed by atoms with Crippen LogP contribution in [0, 0.1) is 5.82 Å². The first-order valence-corrected chi connectivity index (χ1v) is 6.19. The molecule has 2 heterocycles. The molecule has 0 aliphatic carbocycles. The van der Waals surface area contributed by atoms with Crippen LogP contribution in [0.1, 0.15) is 0 Å². The lowest BCUT2D eigenvalue weighted by Gasteiger charge is -2.07. The number of sulfonamides is 1. The maximum Gasteiger partial charge on any atom is 0.283 e. The predicted molar refractivity (Wildman–Crippen MR) is 61.4 cm³/mol. The van der Waals surface area contributed by atoms with Crippen LogP contribution in [0.5, 0.6) is 0 Å². The Morgan fingerprint density at radius 1 is 1.17 bits per heavy atom. The number of rotatable bonds is 3. The van der Waals surface area contributed by atoms with E-state index in [2.05, 4.69) is 15.0 Å². The number of nitrogens with one attached hydrogen (secondary N) is 1. The SMILES string of the molecule is Nc1c(F)ccnc1S(=O)(=O)Nc1ncccn1. The van der Waals surface area contributed by atoms with Gasteiger partial charge in [-0.2, -0.15) is 8.42 Å². The van der Waals surface area contributed by atoms with Crippen LogP contribution in [0.3, 0.4) is 0 Å². The molecule has 0 fully saturated rings. The number of hydrogen-bond donors (Lipinski definition) is 2. The Kier molecular flexibility index (Phi) is 3.06. The lowest BCUT2D eigenvalue weighted by Crippen LogP contribution is -2.18. The topological polar surface area (TPSA) is 111 Å². The van der Waals surface area contributed by atoms with Crippen LogP contribution >= 0.6 is 0 Å². The number of anilines is 2. The Balaban J connectivity index is 2.41. The molecule has 7 nitrogen and oxygen atoms in total. The summed E-state index contributed by atoms with van der Waals surface area (Å²) >= 11 is 0. The van der Waals surface area contributed by atoms with Gasteiger partial charge in [0, 0.05) is 18.6 Å². The average Bonchev–Trinajstić information content (AvgIpc) is 2.33. The highest BCUT2D eigenvalue weighted by Gasteiger charge is 2.22. The van der Waals surface area contributed by atoms with Crippen molar-refractivity contribution in [3.8, 4) is 0 Å². The zero-order valence-corrected chi connectivity index (χ0v) is 9.72. The first kappa shape index (κ1) is 12.2. The number of nitrogen functional groups attached to an aromatic ring is 1. The van der Waals surface area contributed by atoms with Gasteiger partial charge in [0.2, 0.25) is 11.0 Å². The van der Waals surface area contributed by atoms with Crippen LogP contribution in [0.2, 0.25) is 0 Å². The summed E-state index contributed by atoms with van der Waals surface area (Å²) in [4.78, 5) is 10.9. The maximum absolute atomic E-state index is 13.2. The van der Waals surface area contributed by atoms with E-state index in [-0.39, 0.29) is 5.95 Å². The average molecular weight is 269 g/mol. The van der Waals surface area contributed by atoms with E-state index < -0.39 is 26.6 Å². The molecule has 2 aromatic rings. The van der Waals surface area contributed by atoms with E-state index in [0.717, 1.165) is 12.3 Å². The molecule has 0 spiro atoms. The highest BCUT2D eigenvalue weighted by Crippen LogP contribution is 2.19. The highest BCUT2D eigenvalue weighted by molar-refractivity contribution is 7.92. The molecular weight excluding hydrogens is 261 g/mol. The smallest absolute Gasteiger partial charge is 0.283 e. The first-order chi connectivity index (χ1) is 8.50. The largest absolute Gasteiger partial charge is 0.394 e. The molecule has 0 saturated carbocycles. The van der Waals surface area contributed by atoms with E-state index in [1.54, 1.807) is 0 Å². The van der Waals surface area contributed by atoms with Gasteiger partial charge in [-0.15, -0.1) is 0 Å². The number of halogens is 1. The molecule has 18 heavy (non-hydrogen) atoms. The van der Waals surface area contributed by atoms with Crippen LogP contribution in [-0.2, 0) is 10.0 Å². The molecule has 0 unspecified atom stereocenters. The molecule has 0 amide bonds. The second kappa shape index (κ2) is 4.53. The number of nitrogens with zero attached hydrogens (tertiary/aromatic N) is 3. The fourth-order valence-electron chi connectivity index (χ4n) is 1.17. The fourth-order valence-corrected chi connectivity index (χ4v) is 2.20. The molecule has 0 atom stereocenters. The van der Waals surface area contributed by atoms with E-state index in [1.165, 1.54) is 18.5 Å².